The van der Waals surface area contributed by atoms with Gasteiger partial charge in [0.2, 0.25) is 0 Å². The number of carbonyl (C=O) groups is 2. The molecule has 0 unspecified atom stereocenters. The maximum atomic E-state index is 12.4. The molecular weight excluding hydrogens is 432 g/mol. The number of hydrazone groups is 1. The Morgan fingerprint density at radius 2 is 1.48 bits per heavy atom. The molecule has 1 amide bonds. The molecule has 0 bridgehead atoms. The lowest BCUT2D eigenvalue weighted by Crippen LogP contribution is -2.17. The minimum Gasteiger partial charge on any atom is -0.422 e. The van der Waals surface area contributed by atoms with Gasteiger partial charge in [-0.25, -0.2) is 10.2 Å². The third-order valence-electron chi connectivity index (χ3n) is 4.15. The Balaban J connectivity index is 1.73. The molecule has 0 saturated carbocycles. The van der Waals surface area contributed by atoms with E-state index < -0.39 is 5.97 Å². The molecule has 3 aromatic rings. The molecular formula is C23H19BrN2O3. The quantitative estimate of drug-likeness (QED) is 0.256. The van der Waals surface area contributed by atoms with Gasteiger partial charge in [0.05, 0.1) is 11.8 Å². The van der Waals surface area contributed by atoms with Crippen LogP contribution in [0.15, 0.2) is 76.3 Å². The number of aryl methyl sites for hydroxylation is 2. The van der Waals surface area contributed by atoms with Crippen LogP contribution in [-0.2, 0) is 0 Å². The first-order valence-electron chi connectivity index (χ1n) is 8.91. The fourth-order valence-corrected chi connectivity index (χ4v) is 2.87. The molecule has 0 aliphatic heterocycles. The molecule has 3 rings (SSSR count). The van der Waals surface area contributed by atoms with Crippen molar-refractivity contribution in [3.8, 4) is 5.75 Å². The third kappa shape index (κ3) is 5.62. The summed E-state index contributed by atoms with van der Waals surface area (Å²) in [6.45, 7) is 3.90. The number of halogens is 1. The summed E-state index contributed by atoms with van der Waals surface area (Å²) in [7, 11) is 0. The van der Waals surface area contributed by atoms with Crippen LogP contribution in [0.2, 0.25) is 0 Å². The van der Waals surface area contributed by atoms with Gasteiger partial charge >= 0.3 is 5.97 Å². The van der Waals surface area contributed by atoms with Gasteiger partial charge in [-0.05, 0) is 56.3 Å². The highest BCUT2D eigenvalue weighted by Crippen LogP contribution is 2.23. The number of ether oxygens (including phenoxy) is 1. The highest BCUT2D eigenvalue weighted by molar-refractivity contribution is 9.10. The van der Waals surface area contributed by atoms with Gasteiger partial charge in [-0.3, -0.25) is 4.79 Å². The maximum absolute atomic E-state index is 12.4. The number of rotatable bonds is 5. The Bertz CT molecular complexity index is 1060. The Kier molecular flexibility index (Phi) is 6.57. The fraction of sp³-hybridized carbons (Fsp3) is 0.0870. The number of amides is 1. The number of hydrogen-bond acceptors (Lipinski definition) is 4. The Morgan fingerprint density at radius 3 is 2.10 bits per heavy atom. The van der Waals surface area contributed by atoms with Crippen LogP contribution < -0.4 is 10.2 Å². The summed E-state index contributed by atoms with van der Waals surface area (Å²) in [4.78, 5) is 24.6. The molecule has 0 aromatic heterocycles. The van der Waals surface area contributed by atoms with Gasteiger partial charge in [0, 0.05) is 15.6 Å². The molecule has 0 aliphatic carbocycles. The lowest BCUT2D eigenvalue weighted by molar-refractivity contribution is 0.0734. The zero-order valence-corrected chi connectivity index (χ0v) is 17.6. The van der Waals surface area contributed by atoms with Gasteiger partial charge in [0.1, 0.15) is 5.75 Å². The van der Waals surface area contributed by atoms with Gasteiger partial charge in [-0.15, -0.1) is 0 Å². The number of carbonyl (C=O) groups excluding carboxylic acids is 2. The molecule has 1 N–H and O–H groups in total. The largest absolute Gasteiger partial charge is 0.422 e. The molecule has 0 heterocycles. The van der Waals surface area contributed by atoms with Crippen LogP contribution in [0.25, 0.3) is 0 Å². The minimum absolute atomic E-state index is 0.325. The molecule has 0 saturated heterocycles. The van der Waals surface area contributed by atoms with Crippen molar-refractivity contribution in [1.82, 2.24) is 5.43 Å². The third-order valence-corrected chi connectivity index (χ3v) is 4.64. The molecule has 146 valence electrons. The number of hydrogen-bond donors (Lipinski definition) is 1. The van der Waals surface area contributed by atoms with Crippen LogP contribution in [-0.4, -0.2) is 18.1 Å². The summed E-state index contributed by atoms with van der Waals surface area (Å²) >= 11 is 3.39. The van der Waals surface area contributed by atoms with Crippen LogP contribution in [0.1, 0.15) is 37.4 Å². The maximum Gasteiger partial charge on any atom is 0.343 e. The van der Waals surface area contributed by atoms with E-state index in [-0.39, 0.29) is 5.91 Å². The van der Waals surface area contributed by atoms with Gasteiger partial charge < -0.3 is 4.74 Å². The predicted molar refractivity (Wildman–Crippen MR) is 117 cm³/mol. The highest BCUT2D eigenvalue weighted by Gasteiger charge is 2.12. The summed E-state index contributed by atoms with van der Waals surface area (Å²) < 4.78 is 6.31. The Morgan fingerprint density at radius 1 is 0.897 bits per heavy atom. The van der Waals surface area contributed by atoms with E-state index >= 15 is 0 Å². The summed E-state index contributed by atoms with van der Waals surface area (Å²) in [6.07, 6.45) is 1.44. The first kappa shape index (κ1) is 20.5. The fourth-order valence-electron chi connectivity index (χ4n) is 2.49. The topological polar surface area (TPSA) is 67.8 Å². The molecule has 0 aliphatic rings. The number of benzene rings is 3. The van der Waals surface area contributed by atoms with Crippen LogP contribution in [0.3, 0.4) is 0 Å². The number of nitrogens with one attached hydrogen (secondary N) is 1. The van der Waals surface area contributed by atoms with Gasteiger partial charge in [-0.1, -0.05) is 51.3 Å². The van der Waals surface area contributed by atoms with Gasteiger partial charge in [0.15, 0.2) is 0 Å². The average Bonchev–Trinajstić information content (AvgIpc) is 2.70. The SMILES string of the molecule is Cc1ccc(C(=O)N/N=C/c2cc(Br)ccc2OC(=O)c2ccc(C)cc2)cc1. The van der Waals surface area contributed by atoms with Crippen molar-refractivity contribution >= 4 is 34.0 Å². The predicted octanol–water partition coefficient (Wildman–Crippen LogP) is 5.05. The summed E-state index contributed by atoms with van der Waals surface area (Å²) in [6, 6.07) is 19.5. The number of esters is 1. The van der Waals surface area contributed by atoms with Crippen molar-refractivity contribution in [3.05, 3.63) is 99.0 Å². The second kappa shape index (κ2) is 9.30. The highest BCUT2D eigenvalue weighted by atomic mass is 79.9. The molecule has 29 heavy (non-hydrogen) atoms. The average molecular weight is 451 g/mol. The normalized spacial score (nSPS) is 10.7. The zero-order valence-electron chi connectivity index (χ0n) is 16.0. The van der Waals surface area contributed by atoms with E-state index in [9.17, 15) is 9.59 Å². The second-order valence-corrected chi connectivity index (χ2v) is 7.42. The molecule has 0 fully saturated rings. The van der Waals surface area contributed by atoms with E-state index in [1.54, 1.807) is 42.5 Å². The Hall–Kier alpha value is -3.25. The smallest absolute Gasteiger partial charge is 0.343 e. The summed E-state index contributed by atoms with van der Waals surface area (Å²) in [5, 5.41) is 4.00. The summed E-state index contributed by atoms with van der Waals surface area (Å²) in [5.41, 5.74) is 6.11. The standard InChI is InChI=1S/C23H19BrN2O3/c1-15-3-7-17(8-4-15)22(27)26-25-14-19-13-20(24)11-12-21(19)29-23(28)18-9-5-16(2)6-10-18/h3-14H,1-2H3,(H,26,27)/b25-14+. The lowest BCUT2D eigenvalue weighted by atomic mass is 10.1. The molecule has 0 atom stereocenters. The number of nitrogens with zero attached hydrogens (tertiary/aromatic N) is 1. The van der Waals surface area contributed by atoms with Crippen molar-refractivity contribution in [2.75, 3.05) is 0 Å². The van der Waals surface area contributed by atoms with Crippen LogP contribution in [0.5, 0.6) is 5.75 Å². The van der Waals surface area contributed by atoms with E-state index in [4.69, 9.17) is 4.74 Å². The summed E-state index contributed by atoms with van der Waals surface area (Å²) in [5.74, 6) is -0.452. The first-order valence-corrected chi connectivity index (χ1v) is 9.70. The van der Waals surface area contributed by atoms with Crippen molar-refractivity contribution in [2.45, 2.75) is 13.8 Å². The van der Waals surface area contributed by atoms with Gasteiger partial charge in [0.25, 0.3) is 5.91 Å². The van der Waals surface area contributed by atoms with Crippen LogP contribution in [0.4, 0.5) is 0 Å². The van der Waals surface area contributed by atoms with E-state index in [2.05, 4.69) is 26.5 Å². The molecule has 0 radical (unpaired) electrons. The zero-order chi connectivity index (χ0) is 20.8. The Labute approximate surface area is 177 Å². The van der Waals surface area contributed by atoms with Crippen LogP contribution >= 0.6 is 15.9 Å². The van der Waals surface area contributed by atoms with Crippen molar-refractivity contribution < 1.29 is 14.3 Å². The van der Waals surface area contributed by atoms with E-state index in [0.717, 1.165) is 15.6 Å². The molecule has 5 nitrogen and oxygen atoms in total. The molecule has 3 aromatic carbocycles. The van der Waals surface area contributed by atoms with E-state index in [0.29, 0.717) is 22.4 Å². The van der Waals surface area contributed by atoms with Crippen LogP contribution in [0, 0.1) is 13.8 Å². The second-order valence-electron chi connectivity index (χ2n) is 6.50. The first-order chi connectivity index (χ1) is 13.9. The van der Waals surface area contributed by atoms with Crippen molar-refractivity contribution in [1.29, 1.82) is 0 Å². The van der Waals surface area contributed by atoms with Crippen molar-refractivity contribution in [2.24, 2.45) is 5.10 Å². The van der Waals surface area contributed by atoms with E-state index in [1.165, 1.54) is 6.21 Å². The van der Waals surface area contributed by atoms with E-state index in [1.807, 2.05) is 38.1 Å². The molecule has 6 heteroatoms. The molecule has 0 spiro atoms. The van der Waals surface area contributed by atoms with Crippen molar-refractivity contribution in [3.63, 3.8) is 0 Å². The monoisotopic (exact) mass is 450 g/mol. The minimum atomic E-state index is -0.467. The lowest BCUT2D eigenvalue weighted by Gasteiger charge is -2.08. The van der Waals surface area contributed by atoms with Gasteiger partial charge in [-0.2, -0.15) is 5.10 Å².